The van der Waals surface area contributed by atoms with Gasteiger partial charge in [0.05, 0.1) is 12.0 Å². The van der Waals surface area contributed by atoms with Gasteiger partial charge in [-0.25, -0.2) is 4.79 Å². The Balaban J connectivity index is 2.37. The van der Waals surface area contributed by atoms with Crippen molar-refractivity contribution in [3.63, 3.8) is 0 Å². The van der Waals surface area contributed by atoms with Crippen LogP contribution < -0.4 is 4.74 Å². The van der Waals surface area contributed by atoms with Gasteiger partial charge in [-0.15, -0.1) is 0 Å². The van der Waals surface area contributed by atoms with Crippen molar-refractivity contribution in [2.24, 2.45) is 0 Å². The van der Waals surface area contributed by atoms with Crippen LogP contribution >= 0.6 is 34.5 Å². The lowest BCUT2D eigenvalue weighted by Gasteiger charge is -2.02. The van der Waals surface area contributed by atoms with E-state index >= 15 is 0 Å². The average Bonchev–Trinajstić information content (AvgIpc) is 2.78. The summed E-state index contributed by atoms with van der Waals surface area (Å²) in [5.41, 5.74) is -0.287. The van der Waals surface area contributed by atoms with Crippen LogP contribution in [0.1, 0.15) is 9.67 Å². The van der Waals surface area contributed by atoms with Gasteiger partial charge in [-0.05, 0) is 6.07 Å². The Morgan fingerprint density at radius 2 is 2.14 bits per heavy atom. The van der Waals surface area contributed by atoms with E-state index in [0.717, 1.165) is 11.3 Å². The highest BCUT2D eigenvalue weighted by Crippen LogP contribution is 2.37. The van der Waals surface area contributed by atoms with Crippen LogP contribution in [-0.2, 0) is 4.74 Å². The molecule has 0 bridgehead atoms. The SMILES string of the molecule is COC(=O)c1sc(Oc2cc(Cl)ccc2[N+](=O)[O-])nc1Cl. The number of hydrogen-bond acceptors (Lipinski definition) is 7. The van der Waals surface area contributed by atoms with Crippen molar-refractivity contribution in [2.45, 2.75) is 0 Å². The van der Waals surface area contributed by atoms with Crippen molar-refractivity contribution in [1.29, 1.82) is 0 Å². The number of benzene rings is 1. The predicted molar refractivity (Wildman–Crippen MR) is 76.6 cm³/mol. The zero-order chi connectivity index (χ0) is 15.6. The van der Waals surface area contributed by atoms with Gasteiger partial charge in [0.2, 0.25) is 5.75 Å². The minimum absolute atomic E-state index is 0.0363. The number of thiazole rings is 1. The molecule has 0 aliphatic carbocycles. The molecule has 0 fully saturated rings. The minimum Gasteiger partial charge on any atom is -0.465 e. The highest BCUT2D eigenvalue weighted by atomic mass is 35.5. The summed E-state index contributed by atoms with van der Waals surface area (Å²) in [4.78, 5) is 25.5. The third kappa shape index (κ3) is 3.41. The standard InChI is InChI=1S/C11H6Cl2N2O5S/c1-19-10(16)8-9(13)14-11(21-8)20-7-4-5(12)2-3-6(7)15(17)18/h2-4H,1H3. The van der Waals surface area contributed by atoms with Gasteiger partial charge in [0.25, 0.3) is 5.19 Å². The molecule has 0 spiro atoms. The summed E-state index contributed by atoms with van der Waals surface area (Å²) in [5.74, 6) is -0.776. The number of halogens is 2. The Kier molecular flexibility index (Phi) is 4.61. The molecule has 1 aromatic carbocycles. The van der Waals surface area contributed by atoms with Crippen molar-refractivity contribution in [3.8, 4) is 10.9 Å². The van der Waals surface area contributed by atoms with E-state index in [9.17, 15) is 14.9 Å². The van der Waals surface area contributed by atoms with E-state index in [1.807, 2.05) is 0 Å². The zero-order valence-electron chi connectivity index (χ0n) is 10.3. The molecule has 0 atom stereocenters. The zero-order valence-corrected chi connectivity index (χ0v) is 12.7. The molecule has 110 valence electrons. The highest BCUT2D eigenvalue weighted by molar-refractivity contribution is 7.15. The molecular weight excluding hydrogens is 343 g/mol. The van der Waals surface area contributed by atoms with Crippen LogP contribution in [0, 0.1) is 10.1 Å². The molecule has 0 saturated heterocycles. The van der Waals surface area contributed by atoms with Crippen molar-refractivity contribution in [3.05, 3.63) is 43.4 Å². The summed E-state index contributed by atoms with van der Waals surface area (Å²) in [6.45, 7) is 0. The Hall–Kier alpha value is -1.90. The molecule has 0 amide bonds. The van der Waals surface area contributed by atoms with E-state index in [-0.39, 0.29) is 31.7 Å². The molecule has 2 rings (SSSR count). The Bertz CT molecular complexity index is 719. The minimum atomic E-state index is -0.673. The van der Waals surface area contributed by atoms with Gasteiger partial charge in [0, 0.05) is 17.2 Å². The fourth-order valence-corrected chi connectivity index (χ4v) is 2.58. The molecule has 0 aliphatic rings. The molecule has 10 heteroatoms. The number of nitro benzene ring substituents is 1. The highest BCUT2D eigenvalue weighted by Gasteiger charge is 2.22. The van der Waals surface area contributed by atoms with Crippen LogP contribution in [0.3, 0.4) is 0 Å². The number of aromatic nitrogens is 1. The number of carbonyl (C=O) groups is 1. The molecule has 0 aliphatic heterocycles. The fraction of sp³-hybridized carbons (Fsp3) is 0.0909. The molecule has 0 saturated carbocycles. The van der Waals surface area contributed by atoms with Crippen molar-refractivity contribution >= 4 is 46.2 Å². The number of nitro groups is 1. The van der Waals surface area contributed by atoms with E-state index < -0.39 is 10.9 Å². The number of ether oxygens (including phenoxy) is 2. The quantitative estimate of drug-likeness (QED) is 0.472. The first-order valence-electron chi connectivity index (χ1n) is 5.28. The molecule has 2 aromatic rings. The molecule has 1 heterocycles. The second-order valence-corrected chi connectivity index (χ2v) is 5.32. The second-order valence-electron chi connectivity index (χ2n) is 3.56. The lowest BCUT2D eigenvalue weighted by molar-refractivity contribution is -0.385. The van der Waals surface area contributed by atoms with Gasteiger partial charge in [0.1, 0.15) is 0 Å². The Morgan fingerprint density at radius 3 is 2.76 bits per heavy atom. The molecular formula is C11H6Cl2N2O5S. The maximum Gasteiger partial charge on any atom is 0.351 e. The van der Waals surface area contributed by atoms with Crippen molar-refractivity contribution in [2.75, 3.05) is 7.11 Å². The number of carbonyl (C=O) groups excluding carboxylic acids is 1. The summed E-state index contributed by atoms with van der Waals surface area (Å²) in [6.07, 6.45) is 0. The predicted octanol–water partition coefficient (Wildman–Crippen LogP) is 3.94. The van der Waals surface area contributed by atoms with Crippen molar-refractivity contribution in [1.82, 2.24) is 4.98 Å². The average molecular weight is 349 g/mol. The second kappa shape index (κ2) is 6.25. The number of methoxy groups -OCH3 is 1. The first-order chi connectivity index (χ1) is 9.92. The monoisotopic (exact) mass is 348 g/mol. The fourth-order valence-electron chi connectivity index (χ4n) is 1.36. The van der Waals surface area contributed by atoms with E-state index in [2.05, 4.69) is 9.72 Å². The molecule has 7 nitrogen and oxygen atoms in total. The van der Waals surface area contributed by atoms with Gasteiger partial charge < -0.3 is 9.47 Å². The third-order valence-electron chi connectivity index (χ3n) is 2.25. The Morgan fingerprint density at radius 1 is 1.43 bits per heavy atom. The molecule has 0 unspecified atom stereocenters. The molecule has 0 radical (unpaired) electrons. The van der Waals surface area contributed by atoms with Gasteiger partial charge >= 0.3 is 11.7 Å². The van der Waals surface area contributed by atoms with Crippen LogP contribution in [0.25, 0.3) is 0 Å². The normalized spacial score (nSPS) is 10.2. The van der Waals surface area contributed by atoms with Crippen LogP contribution in [0.2, 0.25) is 10.2 Å². The summed E-state index contributed by atoms with van der Waals surface area (Å²) in [6, 6.07) is 3.84. The third-order valence-corrected chi connectivity index (χ3v) is 3.79. The summed E-state index contributed by atoms with van der Waals surface area (Å²) in [5, 5.41) is 11.0. The van der Waals surface area contributed by atoms with Crippen LogP contribution in [0.5, 0.6) is 10.9 Å². The van der Waals surface area contributed by atoms with Crippen LogP contribution in [0.15, 0.2) is 18.2 Å². The smallest absolute Gasteiger partial charge is 0.351 e. The van der Waals surface area contributed by atoms with Crippen molar-refractivity contribution < 1.29 is 19.2 Å². The van der Waals surface area contributed by atoms with Gasteiger partial charge in [-0.3, -0.25) is 10.1 Å². The first-order valence-corrected chi connectivity index (χ1v) is 6.86. The largest absolute Gasteiger partial charge is 0.465 e. The lowest BCUT2D eigenvalue weighted by Crippen LogP contribution is -1.98. The van der Waals surface area contributed by atoms with Gasteiger partial charge in [0.15, 0.2) is 10.0 Å². The molecule has 1 aromatic heterocycles. The van der Waals surface area contributed by atoms with Crippen LogP contribution in [-0.4, -0.2) is 23.0 Å². The topological polar surface area (TPSA) is 91.6 Å². The van der Waals surface area contributed by atoms with E-state index in [0.29, 0.717) is 0 Å². The van der Waals surface area contributed by atoms with Gasteiger partial charge in [-0.1, -0.05) is 34.5 Å². The van der Waals surface area contributed by atoms with E-state index in [1.54, 1.807) is 0 Å². The number of nitrogens with zero attached hydrogens (tertiary/aromatic N) is 2. The van der Waals surface area contributed by atoms with E-state index in [1.165, 1.54) is 25.3 Å². The molecule has 21 heavy (non-hydrogen) atoms. The summed E-state index contributed by atoms with van der Waals surface area (Å²) in [7, 11) is 1.20. The lowest BCUT2D eigenvalue weighted by atomic mass is 10.3. The van der Waals surface area contributed by atoms with Crippen LogP contribution in [0.4, 0.5) is 5.69 Å². The summed E-state index contributed by atoms with van der Waals surface area (Å²) >= 11 is 12.4. The number of rotatable bonds is 4. The Labute approximate surface area is 132 Å². The maximum absolute atomic E-state index is 11.4. The van der Waals surface area contributed by atoms with Gasteiger partial charge in [-0.2, -0.15) is 4.98 Å². The summed E-state index contributed by atoms with van der Waals surface area (Å²) < 4.78 is 9.82. The maximum atomic E-state index is 11.4. The van der Waals surface area contributed by atoms with E-state index in [4.69, 9.17) is 27.9 Å². The molecule has 0 N–H and O–H groups in total. The number of esters is 1. The number of hydrogen-bond donors (Lipinski definition) is 0. The first kappa shape index (κ1) is 15.5.